The molecule has 0 aromatic heterocycles. The summed E-state index contributed by atoms with van der Waals surface area (Å²) in [5.41, 5.74) is 0. The molecule has 0 saturated carbocycles. The van der Waals surface area contributed by atoms with Gasteiger partial charge in [-0.3, -0.25) is 0 Å². The Hall–Kier alpha value is -0.177. The second-order valence-corrected chi connectivity index (χ2v) is 2.10. The fraction of sp³-hybridized carbons (Fsp3) is 0.500. The van der Waals surface area contributed by atoms with E-state index in [0.717, 1.165) is 0 Å². The molecule has 0 atom stereocenters. The molecule has 0 fully saturated rings. The maximum absolute atomic E-state index is 2.27. The molecule has 13 heavy (non-hydrogen) atoms. The number of halogens is 4. The first-order valence-corrected chi connectivity index (χ1v) is 3.30. The third-order valence-electron chi connectivity index (χ3n) is 1.33. The first-order valence-electron chi connectivity index (χ1n) is 3.30. The van der Waals surface area contributed by atoms with Crippen molar-refractivity contribution in [1.82, 2.24) is 0 Å². The third-order valence-corrected chi connectivity index (χ3v) is 1.33. The van der Waals surface area contributed by atoms with Crippen LogP contribution in [0.4, 0.5) is 0 Å². The quantitative estimate of drug-likeness (QED) is 0.236. The predicted octanol–water partition coefficient (Wildman–Crippen LogP) is -9.31. The molecule has 0 saturated heterocycles. The van der Waals surface area contributed by atoms with Crippen LogP contribution in [0.25, 0.3) is 0 Å². The van der Waals surface area contributed by atoms with Gasteiger partial charge in [0.2, 0.25) is 0 Å². The average molecular weight is 287 g/mol. The van der Waals surface area contributed by atoms with Crippen LogP contribution in [0.1, 0.15) is 25.7 Å². The normalized spacial score (nSPS) is 12.3. The monoisotopic (exact) mass is 287 g/mol. The van der Waals surface area contributed by atoms with Crippen molar-refractivity contribution >= 4 is 0 Å². The van der Waals surface area contributed by atoms with Crippen LogP contribution in [0.5, 0.6) is 0 Å². The largest absolute Gasteiger partial charge is 1.00 e. The van der Waals surface area contributed by atoms with E-state index in [4.69, 9.17) is 0 Å². The van der Waals surface area contributed by atoms with Crippen molar-refractivity contribution in [1.29, 1.82) is 0 Å². The molecule has 1 aliphatic rings. The molecule has 0 N–H and O–H groups in total. The fourth-order valence-corrected chi connectivity index (χ4v) is 0.856. The molecule has 0 nitrogen and oxygen atoms in total. The van der Waals surface area contributed by atoms with Crippen LogP contribution in [-0.2, 0) is 19.5 Å². The van der Waals surface area contributed by atoms with Crippen LogP contribution in [0.15, 0.2) is 24.3 Å². The van der Waals surface area contributed by atoms with Gasteiger partial charge in [-0.05, 0) is 25.7 Å². The summed E-state index contributed by atoms with van der Waals surface area (Å²) in [6.45, 7) is 0. The Balaban J connectivity index is -0.0000000427. The van der Waals surface area contributed by atoms with Gasteiger partial charge in [0.25, 0.3) is 0 Å². The summed E-state index contributed by atoms with van der Waals surface area (Å²) >= 11 is 0. The van der Waals surface area contributed by atoms with Crippen molar-refractivity contribution in [3.05, 3.63) is 24.3 Å². The van der Waals surface area contributed by atoms with Gasteiger partial charge in [-0.15, -0.1) is 0 Å². The van der Waals surface area contributed by atoms with Gasteiger partial charge in [0.1, 0.15) is 0 Å². The Morgan fingerprint density at radius 3 is 0.769 bits per heavy atom. The zero-order valence-electron chi connectivity index (χ0n) is 6.98. The Labute approximate surface area is 88.7 Å². The molecular weight excluding hydrogens is 275 g/mol. The SMILES string of the molecule is C1=CCCC=CCC1.[F-].[F-].[F-].[F-].[Rh]. The van der Waals surface area contributed by atoms with Gasteiger partial charge in [0, 0.05) is 19.5 Å². The number of allylic oxidation sites excluding steroid dienone is 4. The smallest absolute Gasteiger partial charge is 0 e. The van der Waals surface area contributed by atoms with Crippen molar-refractivity contribution in [3.63, 3.8) is 0 Å². The van der Waals surface area contributed by atoms with Crippen LogP contribution in [-0.4, -0.2) is 0 Å². The molecule has 0 unspecified atom stereocenters. The minimum Gasteiger partial charge on any atom is -1.00 e. The molecule has 1 radical (unpaired) electrons. The van der Waals surface area contributed by atoms with Gasteiger partial charge < -0.3 is 18.8 Å². The van der Waals surface area contributed by atoms with Crippen LogP contribution in [0.3, 0.4) is 0 Å². The van der Waals surface area contributed by atoms with Crippen molar-refractivity contribution < 1.29 is 38.3 Å². The Morgan fingerprint density at radius 2 is 0.615 bits per heavy atom. The zero-order chi connectivity index (χ0) is 5.66. The molecular formula is C8H12F4Rh-4. The van der Waals surface area contributed by atoms with E-state index in [1.165, 1.54) is 25.7 Å². The first-order chi connectivity index (χ1) is 4.00. The first kappa shape index (κ1) is 29.3. The molecule has 0 bridgehead atoms. The molecule has 1 rings (SSSR count). The zero-order valence-corrected chi connectivity index (χ0v) is 8.62. The van der Waals surface area contributed by atoms with Gasteiger partial charge in [-0.2, -0.15) is 0 Å². The molecule has 1 aliphatic carbocycles. The van der Waals surface area contributed by atoms with Gasteiger partial charge in [0.05, 0.1) is 0 Å². The number of rotatable bonds is 0. The van der Waals surface area contributed by atoms with E-state index in [0.29, 0.717) is 0 Å². The minimum absolute atomic E-state index is 0. The van der Waals surface area contributed by atoms with Crippen LogP contribution in [0, 0.1) is 0 Å². The Kier molecular flexibility index (Phi) is 51.0. The number of hydrogen-bond acceptors (Lipinski definition) is 0. The van der Waals surface area contributed by atoms with Crippen LogP contribution in [0.2, 0.25) is 0 Å². The maximum Gasteiger partial charge on any atom is 0 e. The third kappa shape index (κ3) is 18.6. The van der Waals surface area contributed by atoms with E-state index in [1.807, 2.05) is 0 Å². The molecule has 0 aliphatic heterocycles. The summed E-state index contributed by atoms with van der Waals surface area (Å²) in [6.07, 6.45) is 14.0. The Morgan fingerprint density at radius 1 is 0.462 bits per heavy atom. The summed E-state index contributed by atoms with van der Waals surface area (Å²) in [6, 6.07) is 0. The van der Waals surface area contributed by atoms with E-state index >= 15 is 0 Å². The fourth-order valence-electron chi connectivity index (χ4n) is 0.856. The molecule has 0 spiro atoms. The van der Waals surface area contributed by atoms with Crippen molar-refractivity contribution in [3.8, 4) is 0 Å². The second kappa shape index (κ2) is 22.6. The van der Waals surface area contributed by atoms with Gasteiger partial charge in [0.15, 0.2) is 0 Å². The van der Waals surface area contributed by atoms with Gasteiger partial charge in [-0.25, -0.2) is 0 Å². The van der Waals surface area contributed by atoms with Crippen LogP contribution < -0.4 is 18.8 Å². The van der Waals surface area contributed by atoms with Gasteiger partial charge in [-0.1, -0.05) is 24.3 Å². The average Bonchev–Trinajstić information content (AvgIpc) is 1.62. The van der Waals surface area contributed by atoms with Gasteiger partial charge >= 0.3 is 0 Å². The van der Waals surface area contributed by atoms with E-state index in [1.54, 1.807) is 0 Å². The molecule has 5 heteroatoms. The van der Waals surface area contributed by atoms with E-state index < -0.39 is 0 Å². The maximum atomic E-state index is 2.27. The summed E-state index contributed by atoms with van der Waals surface area (Å²) < 4.78 is 0. The van der Waals surface area contributed by atoms with E-state index in [9.17, 15) is 0 Å². The molecule has 0 heterocycles. The topological polar surface area (TPSA) is 0 Å². The standard InChI is InChI=1S/C8H12.4FH.Rh/c1-2-4-6-8-7-5-3-1;;;;;/h1-2,7-8H,3-6H2;4*1H;/p-4. The van der Waals surface area contributed by atoms with Crippen molar-refractivity contribution in [2.75, 3.05) is 0 Å². The van der Waals surface area contributed by atoms with Crippen LogP contribution >= 0.6 is 0 Å². The molecule has 0 amide bonds. The molecule has 85 valence electrons. The predicted molar refractivity (Wildman–Crippen MR) is 36.7 cm³/mol. The second-order valence-electron chi connectivity index (χ2n) is 2.10. The summed E-state index contributed by atoms with van der Waals surface area (Å²) in [5.74, 6) is 0. The van der Waals surface area contributed by atoms with Crippen molar-refractivity contribution in [2.24, 2.45) is 0 Å². The molecule has 0 aromatic carbocycles. The summed E-state index contributed by atoms with van der Waals surface area (Å²) in [5, 5.41) is 0. The summed E-state index contributed by atoms with van der Waals surface area (Å²) in [7, 11) is 0. The van der Waals surface area contributed by atoms with E-state index in [-0.39, 0.29) is 38.3 Å². The summed E-state index contributed by atoms with van der Waals surface area (Å²) in [4.78, 5) is 0. The minimum atomic E-state index is 0. The molecule has 0 aromatic rings. The number of hydrogen-bond donors (Lipinski definition) is 0. The van der Waals surface area contributed by atoms with E-state index in [2.05, 4.69) is 24.3 Å². The Bertz CT molecular complexity index is 88.7. The van der Waals surface area contributed by atoms with Crippen molar-refractivity contribution in [2.45, 2.75) is 25.7 Å².